The molecule has 0 saturated carbocycles. The number of nitrogens with zero attached hydrogens (tertiary/aromatic N) is 1. The van der Waals surface area contributed by atoms with Gasteiger partial charge >= 0.3 is 0 Å². The van der Waals surface area contributed by atoms with Crippen LogP contribution >= 0.6 is 0 Å². The Kier molecular flexibility index (Phi) is 3.65. The van der Waals surface area contributed by atoms with E-state index < -0.39 is 0 Å². The van der Waals surface area contributed by atoms with Crippen LogP contribution in [0.25, 0.3) is 0 Å². The summed E-state index contributed by atoms with van der Waals surface area (Å²) in [7, 11) is 0. The van der Waals surface area contributed by atoms with E-state index in [4.69, 9.17) is 0 Å². The summed E-state index contributed by atoms with van der Waals surface area (Å²) >= 11 is 0. The Morgan fingerprint density at radius 1 is 1.39 bits per heavy atom. The van der Waals surface area contributed by atoms with E-state index in [9.17, 15) is 4.79 Å². The predicted molar refractivity (Wildman–Crippen MR) is 75.1 cm³/mol. The van der Waals surface area contributed by atoms with Crippen LogP contribution in [0.15, 0.2) is 12.3 Å². The molecule has 0 saturated heterocycles. The first-order chi connectivity index (χ1) is 8.44. The van der Waals surface area contributed by atoms with Crippen molar-refractivity contribution < 1.29 is 4.79 Å². The molecule has 2 rings (SSSR count). The van der Waals surface area contributed by atoms with Crippen LogP contribution in [0, 0.1) is 5.41 Å². The topological polar surface area (TPSA) is 22.0 Å². The highest BCUT2D eigenvalue weighted by molar-refractivity contribution is 5.98. The lowest BCUT2D eigenvalue weighted by Crippen LogP contribution is -2.28. The summed E-state index contributed by atoms with van der Waals surface area (Å²) in [5, 5.41) is 0. The van der Waals surface area contributed by atoms with E-state index in [1.807, 2.05) is 6.07 Å². The maximum Gasteiger partial charge on any atom is 0.165 e. The van der Waals surface area contributed by atoms with E-state index in [2.05, 4.69) is 38.5 Å². The fourth-order valence-corrected chi connectivity index (χ4v) is 3.02. The highest BCUT2D eigenvalue weighted by atomic mass is 16.1. The normalized spacial score (nSPS) is 19.7. The van der Waals surface area contributed by atoms with E-state index in [1.54, 1.807) is 0 Å². The molecule has 1 aliphatic carbocycles. The molecular formula is C16H25NO. The Morgan fingerprint density at radius 2 is 2.11 bits per heavy atom. The van der Waals surface area contributed by atoms with Gasteiger partial charge in [0.15, 0.2) is 5.78 Å². The Morgan fingerprint density at radius 3 is 2.78 bits per heavy atom. The average molecular weight is 247 g/mol. The Bertz CT molecular complexity index is 442. The molecule has 2 nitrogen and oxygen atoms in total. The molecule has 18 heavy (non-hydrogen) atoms. The third-order valence-electron chi connectivity index (χ3n) is 4.06. The lowest BCUT2D eigenvalue weighted by Gasteiger charge is -2.31. The van der Waals surface area contributed by atoms with Gasteiger partial charge in [-0.2, -0.15) is 0 Å². The number of aromatic nitrogens is 1. The van der Waals surface area contributed by atoms with Gasteiger partial charge in [0.05, 0.1) is 0 Å². The number of Topliss-reactive ketones (excluding diaryl/α,β-unsaturated/α-hetero) is 1. The molecule has 1 heterocycles. The lowest BCUT2D eigenvalue weighted by atomic mass is 9.76. The van der Waals surface area contributed by atoms with Crippen LogP contribution in [0.5, 0.6) is 0 Å². The Balaban J connectivity index is 2.28. The molecule has 2 heteroatoms. The Hall–Kier alpha value is -1.05. The van der Waals surface area contributed by atoms with Crippen molar-refractivity contribution in [2.75, 3.05) is 0 Å². The summed E-state index contributed by atoms with van der Waals surface area (Å²) in [5.74, 6) is 0.322. The summed E-state index contributed by atoms with van der Waals surface area (Å²) in [6.07, 6.45) is 7.52. The van der Waals surface area contributed by atoms with E-state index >= 15 is 0 Å². The van der Waals surface area contributed by atoms with Gasteiger partial charge in [-0.05, 0) is 31.2 Å². The van der Waals surface area contributed by atoms with Gasteiger partial charge in [-0.1, -0.05) is 33.6 Å². The van der Waals surface area contributed by atoms with Crippen LogP contribution in [-0.2, 0) is 6.42 Å². The minimum Gasteiger partial charge on any atom is -0.348 e. The molecule has 0 N–H and O–H groups in total. The highest BCUT2D eigenvalue weighted by Gasteiger charge is 2.33. The average Bonchev–Trinajstić information content (AvgIpc) is 2.68. The van der Waals surface area contributed by atoms with Crippen molar-refractivity contribution in [1.29, 1.82) is 0 Å². The Labute approximate surface area is 110 Å². The number of fused-ring (bicyclic) bond motifs is 1. The zero-order valence-corrected chi connectivity index (χ0v) is 12.1. The largest absolute Gasteiger partial charge is 0.348 e. The second-order valence-electron chi connectivity index (χ2n) is 6.52. The zero-order valence-electron chi connectivity index (χ0n) is 12.1. The third kappa shape index (κ3) is 2.52. The van der Waals surface area contributed by atoms with Gasteiger partial charge in [0.2, 0.25) is 0 Å². The number of hydrogen-bond acceptors (Lipinski definition) is 1. The van der Waals surface area contributed by atoms with Crippen molar-refractivity contribution in [3.05, 3.63) is 23.5 Å². The first-order valence-corrected chi connectivity index (χ1v) is 7.17. The van der Waals surface area contributed by atoms with E-state index in [1.165, 1.54) is 25.0 Å². The molecule has 0 amide bonds. The number of ketones is 1. The van der Waals surface area contributed by atoms with Gasteiger partial charge in [0.1, 0.15) is 0 Å². The molecule has 0 aliphatic heterocycles. The van der Waals surface area contributed by atoms with Crippen molar-refractivity contribution in [2.24, 2.45) is 5.41 Å². The summed E-state index contributed by atoms with van der Waals surface area (Å²) in [4.78, 5) is 12.1. The number of carbonyl (C=O) groups excluding carboxylic acids is 1. The van der Waals surface area contributed by atoms with Crippen LogP contribution in [0.1, 0.15) is 75.5 Å². The molecular weight excluding hydrogens is 222 g/mol. The monoisotopic (exact) mass is 247 g/mol. The molecule has 1 aliphatic rings. The van der Waals surface area contributed by atoms with Gasteiger partial charge in [-0.25, -0.2) is 0 Å². The second-order valence-corrected chi connectivity index (χ2v) is 6.52. The summed E-state index contributed by atoms with van der Waals surface area (Å²) in [5.41, 5.74) is 2.35. The molecule has 0 aromatic carbocycles. The maximum absolute atomic E-state index is 12.1. The number of unbranched alkanes of at least 4 members (excludes halogenated alkanes) is 1. The first kappa shape index (κ1) is 13.4. The summed E-state index contributed by atoms with van der Waals surface area (Å²) in [6, 6.07) is 2.53. The molecule has 100 valence electrons. The molecule has 1 unspecified atom stereocenters. The van der Waals surface area contributed by atoms with Gasteiger partial charge in [0, 0.05) is 29.9 Å². The zero-order chi connectivity index (χ0) is 13.3. The van der Waals surface area contributed by atoms with Crippen LogP contribution in [-0.4, -0.2) is 10.4 Å². The van der Waals surface area contributed by atoms with Gasteiger partial charge in [-0.15, -0.1) is 0 Å². The van der Waals surface area contributed by atoms with Gasteiger partial charge < -0.3 is 4.57 Å². The van der Waals surface area contributed by atoms with Crippen molar-refractivity contribution in [3.8, 4) is 0 Å². The molecule has 0 radical (unpaired) electrons. The SMILES string of the molecule is CCCCC(C)n1ccc2c1CC(C)(C)CC2=O. The first-order valence-electron chi connectivity index (χ1n) is 7.17. The fourth-order valence-electron chi connectivity index (χ4n) is 3.02. The van der Waals surface area contributed by atoms with Gasteiger partial charge in [-0.3, -0.25) is 4.79 Å². The van der Waals surface area contributed by atoms with Crippen molar-refractivity contribution in [2.45, 2.75) is 65.8 Å². The number of hydrogen-bond donors (Lipinski definition) is 0. The third-order valence-corrected chi connectivity index (χ3v) is 4.06. The standard InChI is InChI=1S/C16H25NO/c1-5-6-7-12(2)17-9-8-13-14(17)10-16(3,4)11-15(13)18/h8-9,12H,5-7,10-11H2,1-4H3. The number of carbonyl (C=O) groups is 1. The highest BCUT2D eigenvalue weighted by Crippen LogP contribution is 2.36. The second kappa shape index (κ2) is 4.91. The quantitative estimate of drug-likeness (QED) is 0.773. The molecule has 0 spiro atoms. The maximum atomic E-state index is 12.1. The lowest BCUT2D eigenvalue weighted by molar-refractivity contribution is 0.0909. The molecule has 0 fully saturated rings. The fraction of sp³-hybridized carbons (Fsp3) is 0.688. The summed E-state index contributed by atoms with van der Waals surface area (Å²) < 4.78 is 2.34. The smallest absolute Gasteiger partial charge is 0.165 e. The minimum atomic E-state index is 0.116. The van der Waals surface area contributed by atoms with Crippen molar-refractivity contribution >= 4 is 5.78 Å². The predicted octanol–water partition coefficient (Wildman–Crippen LogP) is 4.39. The van der Waals surface area contributed by atoms with E-state index in [0.29, 0.717) is 18.2 Å². The van der Waals surface area contributed by atoms with Crippen molar-refractivity contribution in [3.63, 3.8) is 0 Å². The van der Waals surface area contributed by atoms with Crippen LogP contribution < -0.4 is 0 Å². The molecule has 0 bridgehead atoms. The van der Waals surface area contributed by atoms with E-state index in [0.717, 1.165) is 12.0 Å². The van der Waals surface area contributed by atoms with E-state index in [-0.39, 0.29) is 5.41 Å². The molecule has 1 atom stereocenters. The minimum absolute atomic E-state index is 0.116. The molecule has 1 aromatic heterocycles. The van der Waals surface area contributed by atoms with Crippen LogP contribution in [0.3, 0.4) is 0 Å². The molecule has 1 aromatic rings. The van der Waals surface area contributed by atoms with Gasteiger partial charge in [0.25, 0.3) is 0 Å². The summed E-state index contributed by atoms with van der Waals surface area (Å²) in [6.45, 7) is 8.89. The number of rotatable bonds is 4. The van der Waals surface area contributed by atoms with Crippen LogP contribution in [0.2, 0.25) is 0 Å². The van der Waals surface area contributed by atoms with Crippen LogP contribution in [0.4, 0.5) is 0 Å². The van der Waals surface area contributed by atoms with Crippen molar-refractivity contribution in [1.82, 2.24) is 4.57 Å².